The quantitative estimate of drug-likeness (QED) is 0.512. The van der Waals surface area contributed by atoms with Gasteiger partial charge in [-0.3, -0.25) is 4.90 Å². The van der Waals surface area contributed by atoms with Crippen LogP contribution >= 0.6 is 0 Å². The maximum absolute atomic E-state index is 12.9. The van der Waals surface area contributed by atoms with E-state index in [2.05, 4.69) is 11.8 Å². The number of likely N-dealkylation sites (N-methyl/N-ethyl adjacent to an activating group) is 1. The predicted octanol–water partition coefficient (Wildman–Crippen LogP) is 0.271. The van der Waals surface area contributed by atoms with Crippen molar-refractivity contribution in [1.82, 2.24) is 4.90 Å². The van der Waals surface area contributed by atoms with Crippen LogP contribution in [-0.4, -0.2) is 110 Å². The minimum absolute atomic E-state index is 0.00825. The number of fused-ring (bicyclic) bond motifs is 2. The van der Waals surface area contributed by atoms with Crippen LogP contribution < -0.4 is 0 Å². The summed E-state index contributed by atoms with van der Waals surface area (Å²) in [6.07, 6.45) is 1.06. The Morgan fingerprint density at radius 1 is 1.06 bits per heavy atom. The summed E-state index contributed by atoms with van der Waals surface area (Å²) in [6.45, 7) is 4.18. The SMILES string of the molecule is CCN1C[C@]2(COC)CCC(O)[C@@]34C5CC6C(OC)C[C@@](O)(C5C6OC)[C@@](O)(C(OC)C23)C14. The van der Waals surface area contributed by atoms with Crippen LogP contribution in [-0.2, 0) is 18.9 Å². The fourth-order valence-electron chi connectivity index (χ4n) is 11.0. The average molecular weight is 468 g/mol. The number of hydrogen-bond donors (Lipinski definition) is 3. The molecule has 5 saturated carbocycles. The van der Waals surface area contributed by atoms with Gasteiger partial charge < -0.3 is 34.3 Å². The molecule has 5 aliphatic carbocycles. The Balaban J connectivity index is 1.67. The van der Waals surface area contributed by atoms with E-state index in [0.29, 0.717) is 19.4 Å². The van der Waals surface area contributed by atoms with Gasteiger partial charge in [-0.2, -0.15) is 0 Å². The van der Waals surface area contributed by atoms with Gasteiger partial charge in [-0.1, -0.05) is 6.92 Å². The Kier molecular flexibility index (Phi) is 4.99. The maximum Gasteiger partial charge on any atom is 0.136 e. The van der Waals surface area contributed by atoms with Crippen molar-refractivity contribution in [2.75, 3.05) is 48.1 Å². The summed E-state index contributed by atoms with van der Waals surface area (Å²) in [5, 5.41) is 37.6. The van der Waals surface area contributed by atoms with Crippen molar-refractivity contribution in [1.29, 1.82) is 0 Å². The normalized spacial score (nSPS) is 60.9. The van der Waals surface area contributed by atoms with Crippen molar-refractivity contribution in [3.8, 4) is 0 Å². The van der Waals surface area contributed by atoms with E-state index in [1.165, 1.54) is 0 Å². The summed E-state index contributed by atoms with van der Waals surface area (Å²) in [6, 6.07) is -0.386. The van der Waals surface area contributed by atoms with E-state index in [-0.39, 0.29) is 47.3 Å². The lowest BCUT2D eigenvalue weighted by atomic mass is 9.42. The molecule has 1 spiro atoms. The van der Waals surface area contributed by atoms with E-state index in [1.54, 1.807) is 28.4 Å². The molecule has 3 N–H and O–H groups in total. The van der Waals surface area contributed by atoms with Crippen molar-refractivity contribution in [3.63, 3.8) is 0 Å². The first-order valence-corrected chi connectivity index (χ1v) is 12.7. The van der Waals surface area contributed by atoms with Crippen LogP contribution in [0.1, 0.15) is 32.6 Å². The summed E-state index contributed by atoms with van der Waals surface area (Å²) in [5.74, 6) is -0.231. The van der Waals surface area contributed by atoms with Crippen LogP contribution in [0.2, 0.25) is 0 Å². The second-order valence-corrected chi connectivity index (χ2v) is 11.9. The van der Waals surface area contributed by atoms with Crippen molar-refractivity contribution in [2.24, 2.45) is 34.5 Å². The smallest absolute Gasteiger partial charge is 0.136 e. The molecule has 33 heavy (non-hydrogen) atoms. The molecule has 1 aliphatic heterocycles. The monoisotopic (exact) mass is 467 g/mol. The summed E-state index contributed by atoms with van der Waals surface area (Å²) < 4.78 is 24.0. The third-order valence-corrected chi connectivity index (χ3v) is 11.5. The number of rotatable bonds is 6. The molecule has 1 heterocycles. The van der Waals surface area contributed by atoms with Crippen molar-refractivity contribution < 1.29 is 34.3 Å². The molecular weight excluding hydrogens is 426 g/mol. The van der Waals surface area contributed by atoms with E-state index in [9.17, 15) is 15.3 Å². The first-order chi connectivity index (χ1) is 15.8. The Bertz CT molecular complexity index is 814. The van der Waals surface area contributed by atoms with Crippen molar-refractivity contribution >= 4 is 0 Å². The molecule has 9 unspecified atom stereocenters. The molecule has 6 rings (SSSR count). The lowest BCUT2D eigenvalue weighted by molar-refractivity contribution is -0.318. The fraction of sp³-hybridized carbons (Fsp3) is 1.00. The number of piperidine rings is 1. The minimum Gasteiger partial charge on any atom is -0.392 e. The number of aliphatic hydroxyl groups excluding tert-OH is 1. The number of hydrogen-bond acceptors (Lipinski definition) is 8. The van der Waals surface area contributed by atoms with E-state index >= 15 is 0 Å². The van der Waals surface area contributed by atoms with Gasteiger partial charge in [-0.15, -0.1) is 0 Å². The number of ether oxygens (including phenoxy) is 4. The van der Waals surface area contributed by atoms with E-state index in [0.717, 1.165) is 25.9 Å². The van der Waals surface area contributed by atoms with Gasteiger partial charge in [0.2, 0.25) is 0 Å². The molecule has 0 aromatic carbocycles. The lowest BCUT2D eigenvalue weighted by Gasteiger charge is -2.69. The minimum atomic E-state index is -1.55. The fourth-order valence-corrected chi connectivity index (χ4v) is 11.0. The molecule has 7 bridgehead atoms. The van der Waals surface area contributed by atoms with Gasteiger partial charge in [0, 0.05) is 70.0 Å². The van der Waals surface area contributed by atoms with Gasteiger partial charge in [-0.05, 0) is 31.7 Å². The van der Waals surface area contributed by atoms with Crippen molar-refractivity contribution in [2.45, 2.75) is 74.3 Å². The molecule has 13 atom stereocenters. The Hall–Kier alpha value is -0.320. The second kappa shape index (κ2) is 7.13. The molecule has 0 aromatic heterocycles. The Morgan fingerprint density at radius 3 is 2.42 bits per heavy atom. The van der Waals surface area contributed by atoms with Crippen molar-refractivity contribution in [3.05, 3.63) is 0 Å². The molecule has 188 valence electrons. The number of nitrogens with zero attached hydrogens (tertiary/aromatic N) is 1. The standard InChI is InChI=1S/C25H41NO7/c1-6-26-11-22(12-30-2)8-7-16(27)24-14-9-13-15(31-3)10-23(28,17(14)18(13)32-4)25(29,21(24)26)20(33-5)19(22)24/h13-21,27-29H,6-12H2,1-5H3/t13?,14?,15?,16?,17?,18?,19?,20?,21?,22-,23+,24-,25+/m0/s1. The third-order valence-electron chi connectivity index (χ3n) is 11.5. The Labute approximate surface area is 196 Å². The molecule has 8 nitrogen and oxygen atoms in total. The second-order valence-electron chi connectivity index (χ2n) is 11.9. The zero-order valence-corrected chi connectivity index (χ0v) is 20.6. The topological polar surface area (TPSA) is 101 Å². The number of likely N-dealkylation sites (tertiary alicyclic amines) is 1. The average Bonchev–Trinajstić information content (AvgIpc) is 3.22. The van der Waals surface area contributed by atoms with Gasteiger partial charge in [0.1, 0.15) is 11.2 Å². The Morgan fingerprint density at radius 2 is 1.82 bits per heavy atom. The zero-order valence-electron chi connectivity index (χ0n) is 20.6. The van der Waals surface area contributed by atoms with Crippen LogP contribution in [0.15, 0.2) is 0 Å². The van der Waals surface area contributed by atoms with E-state index < -0.39 is 28.8 Å². The summed E-state index contributed by atoms with van der Waals surface area (Å²) in [5.41, 5.74) is -3.82. The van der Waals surface area contributed by atoms with Crippen LogP contribution in [0.25, 0.3) is 0 Å². The lowest BCUT2D eigenvalue weighted by Crippen LogP contribution is -2.82. The van der Waals surface area contributed by atoms with Gasteiger partial charge >= 0.3 is 0 Å². The largest absolute Gasteiger partial charge is 0.392 e. The van der Waals surface area contributed by atoms with Gasteiger partial charge in [0.05, 0.1) is 37.1 Å². The van der Waals surface area contributed by atoms with Crippen LogP contribution in [0.5, 0.6) is 0 Å². The van der Waals surface area contributed by atoms with Gasteiger partial charge in [0.15, 0.2) is 0 Å². The van der Waals surface area contributed by atoms with E-state index in [4.69, 9.17) is 18.9 Å². The summed E-state index contributed by atoms with van der Waals surface area (Å²) >= 11 is 0. The van der Waals surface area contributed by atoms with E-state index in [1.807, 2.05) is 0 Å². The molecule has 0 amide bonds. The van der Waals surface area contributed by atoms with Gasteiger partial charge in [0.25, 0.3) is 0 Å². The summed E-state index contributed by atoms with van der Waals surface area (Å²) in [4.78, 5) is 2.33. The molecule has 8 heteroatoms. The van der Waals surface area contributed by atoms with Crippen LogP contribution in [0.3, 0.4) is 0 Å². The number of aliphatic hydroxyl groups is 3. The maximum atomic E-state index is 12.9. The highest BCUT2D eigenvalue weighted by Gasteiger charge is 2.91. The zero-order chi connectivity index (χ0) is 23.6. The number of methoxy groups -OCH3 is 4. The third kappa shape index (κ3) is 2.20. The molecule has 1 saturated heterocycles. The summed E-state index contributed by atoms with van der Waals surface area (Å²) in [7, 11) is 6.79. The predicted molar refractivity (Wildman–Crippen MR) is 119 cm³/mol. The molecule has 0 aromatic rings. The molecule has 6 aliphatic rings. The highest BCUT2D eigenvalue weighted by molar-refractivity contribution is 5.41. The molecule has 6 fully saturated rings. The van der Waals surface area contributed by atoms with Crippen LogP contribution in [0, 0.1) is 34.5 Å². The molecular formula is C25H41NO7. The first-order valence-electron chi connectivity index (χ1n) is 12.7. The highest BCUT2D eigenvalue weighted by atomic mass is 16.5. The van der Waals surface area contributed by atoms with Crippen LogP contribution in [0.4, 0.5) is 0 Å². The molecule has 0 radical (unpaired) electrons. The first kappa shape index (κ1) is 23.1. The highest BCUT2D eigenvalue weighted by Crippen LogP contribution is 2.80. The van der Waals surface area contributed by atoms with Gasteiger partial charge in [-0.25, -0.2) is 0 Å².